The third-order valence-corrected chi connectivity index (χ3v) is 6.13. The van der Waals surface area contributed by atoms with E-state index in [1.807, 2.05) is 0 Å². The molecule has 0 aliphatic carbocycles. The van der Waals surface area contributed by atoms with Gasteiger partial charge in [0.05, 0.1) is 4.90 Å². The zero-order valence-corrected chi connectivity index (χ0v) is 12.3. The van der Waals surface area contributed by atoms with E-state index in [4.69, 9.17) is 5.73 Å². The molecule has 1 fully saturated rings. The highest BCUT2D eigenvalue weighted by Crippen LogP contribution is 2.39. The average Bonchev–Trinajstić information content (AvgIpc) is 2.84. The van der Waals surface area contributed by atoms with E-state index in [2.05, 4.69) is 18.8 Å². The predicted octanol–water partition coefficient (Wildman–Crippen LogP) is 1.86. The molecular formula is C13H21N3O2S. The van der Waals surface area contributed by atoms with Gasteiger partial charge in [-0.25, -0.2) is 13.4 Å². The number of nitrogens with zero attached hydrogens (tertiary/aromatic N) is 2. The van der Waals surface area contributed by atoms with E-state index >= 15 is 0 Å². The minimum absolute atomic E-state index is 0.131. The second kappa shape index (κ2) is 5.09. The number of anilines is 1. The summed E-state index contributed by atoms with van der Waals surface area (Å²) in [6, 6.07) is 2.93. The fourth-order valence-electron chi connectivity index (χ4n) is 2.66. The van der Waals surface area contributed by atoms with Crippen LogP contribution in [0.3, 0.4) is 0 Å². The Morgan fingerprint density at radius 3 is 2.63 bits per heavy atom. The third kappa shape index (κ3) is 2.60. The van der Waals surface area contributed by atoms with Crippen molar-refractivity contribution in [2.75, 3.05) is 18.8 Å². The smallest absolute Gasteiger partial charge is 0.243 e. The van der Waals surface area contributed by atoms with Crippen LogP contribution >= 0.6 is 0 Å². The van der Waals surface area contributed by atoms with Gasteiger partial charge in [-0.05, 0) is 30.7 Å². The SMILES string of the molecule is CCC1(CC)CCN(S(=O)(=O)c2ccnc(N)c2)C1. The number of aromatic nitrogens is 1. The molecule has 2 N–H and O–H groups in total. The lowest BCUT2D eigenvalue weighted by molar-refractivity contribution is 0.279. The zero-order chi connectivity index (χ0) is 14.1. The second-order valence-corrected chi connectivity index (χ2v) is 7.15. The molecule has 2 rings (SSSR count). The van der Waals surface area contributed by atoms with E-state index in [0.717, 1.165) is 19.3 Å². The third-order valence-electron chi connectivity index (χ3n) is 4.29. The van der Waals surface area contributed by atoms with Gasteiger partial charge < -0.3 is 5.73 Å². The first-order valence-electron chi connectivity index (χ1n) is 6.65. The summed E-state index contributed by atoms with van der Waals surface area (Å²) >= 11 is 0. The summed E-state index contributed by atoms with van der Waals surface area (Å²) in [7, 11) is -3.44. The first-order chi connectivity index (χ1) is 8.93. The second-order valence-electron chi connectivity index (χ2n) is 5.21. The standard InChI is InChI=1S/C13H21N3O2S/c1-3-13(4-2)6-8-16(10-13)19(17,18)11-5-7-15-12(14)9-11/h5,7,9H,3-4,6,8,10H2,1-2H3,(H2,14,15). The summed E-state index contributed by atoms with van der Waals surface area (Å²) < 4.78 is 26.7. The molecule has 0 bridgehead atoms. The Labute approximate surface area is 114 Å². The monoisotopic (exact) mass is 283 g/mol. The summed E-state index contributed by atoms with van der Waals surface area (Å²) in [5.74, 6) is 0.234. The van der Waals surface area contributed by atoms with E-state index in [-0.39, 0.29) is 16.1 Å². The van der Waals surface area contributed by atoms with Gasteiger partial charge in [-0.2, -0.15) is 4.31 Å². The van der Waals surface area contributed by atoms with Gasteiger partial charge in [0, 0.05) is 25.4 Å². The van der Waals surface area contributed by atoms with E-state index in [1.165, 1.54) is 18.3 Å². The van der Waals surface area contributed by atoms with E-state index in [9.17, 15) is 8.42 Å². The summed E-state index contributed by atoms with van der Waals surface area (Å²) in [4.78, 5) is 4.07. The maximum atomic E-state index is 12.5. The van der Waals surface area contributed by atoms with Crippen molar-refractivity contribution in [2.24, 2.45) is 5.41 Å². The highest BCUT2D eigenvalue weighted by atomic mass is 32.2. The molecule has 0 saturated carbocycles. The minimum Gasteiger partial charge on any atom is -0.384 e. The highest BCUT2D eigenvalue weighted by molar-refractivity contribution is 7.89. The van der Waals surface area contributed by atoms with Crippen molar-refractivity contribution < 1.29 is 8.42 Å². The van der Waals surface area contributed by atoms with Crippen LogP contribution in [0.4, 0.5) is 5.82 Å². The topological polar surface area (TPSA) is 76.3 Å². The van der Waals surface area contributed by atoms with Crippen LogP contribution in [0.15, 0.2) is 23.2 Å². The van der Waals surface area contributed by atoms with Crippen LogP contribution in [0.25, 0.3) is 0 Å². The first kappa shape index (κ1) is 14.3. The number of sulfonamides is 1. The van der Waals surface area contributed by atoms with Gasteiger partial charge in [0.1, 0.15) is 5.82 Å². The number of nitrogens with two attached hydrogens (primary N) is 1. The van der Waals surface area contributed by atoms with Crippen molar-refractivity contribution in [1.82, 2.24) is 9.29 Å². The average molecular weight is 283 g/mol. The number of pyridine rings is 1. The van der Waals surface area contributed by atoms with Crippen molar-refractivity contribution in [1.29, 1.82) is 0 Å². The molecule has 0 atom stereocenters. The van der Waals surface area contributed by atoms with Crippen LogP contribution in [0, 0.1) is 5.41 Å². The molecule has 2 heterocycles. The molecule has 5 nitrogen and oxygen atoms in total. The molecule has 1 aromatic heterocycles. The van der Waals surface area contributed by atoms with Crippen LogP contribution in [-0.2, 0) is 10.0 Å². The van der Waals surface area contributed by atoms with E-state index < -0.39 is 10.0 Å². The molecule has 0 amide bonds. The number of nitrogen functional groups attached to an aromatic ring is 1. The Morgan fingerprint density at radius 1 is 1.42 bits per heavy atom. The number of rotatable bonds is 4. The lowest BCUT2D eigenvalue weighted by atomic mass is 9.82. The molecule has 6 heteroatoms. The lowest BCUT2D eigenvalue weighted by Gasteiger charge is -2.26. The van der Waals surface area contributed by atoms with Crippen LogP contribution in [0.2, 0.25) is 0 Å². The fourth-order valence-corrected chi connectivity index (χ4v) is 4.24. The molecule has 106 valence electrons. The van der Waals surface area contributed by atoms with E-state index in [0.29, 0.717) is 13.1 Å². The van der Waals surface area contributed by atoms with E-state index in [1.54, 1.807) is 4.31 Å². The normalized spacial score (nSPS) is 19.7. The molecule has 1 aromatic rings. The van der Waals surface area contributed by atoms with Gasteiger partial charge in [0.15, 0.2) is 0 Å². The van der Waals surface area contributed by atoms with Crippen LogP contribution in [-0.4, -0.2) is 30.8 Å². The maximum Gasteiger partial charge on any atom is 0.243 e. The molecule has 1 saturated heterocycles. The van der Waals surface area contributed by atoms with Gasteiger partial charge in [-0.3, -0.25) is 0 Å². The number of hydrogen-bond acceptors (Lipinski definition) is 4. The van der Waals surface area contributed by atoms with Gasteiger partial charge in [0.2, 0.25) is 10.0 Å². The summed E-state index contributed by atoms with van der Waals surface area (Å²) in [6.45, 7) is 5.45. The zero-order valence-electron chi connectivity index (χ0n) is 11.5. The van der Waals surface area contributed by atoms with Crippen molar-refractivity contribution in [2.45, 2.75) is 38.0 Å². The van der Waals surface area contributed by atoms with Crippen LogP contribution in [0.5, 0.6) is 0 Å². The molecule has 1 aliphatic rings. The highest BCUT2D eigenvalue weighted by Gasteiger charge is 2.40. The van der Waals surface area contributed by atoms with Crippen LogP contribution < -0.4 is 5.73 Å². The molecule has 0 aromatic carbocycles. The fraction of sp³-hybridized carbons (Fsp3) is 0.615. The summed E-state index contributed by atoms with van der Waals surface area (Å²) in [5, 5.41) is 0. The largest absolute Gasteiger partial charge is 0.384 e. The van der Waals surface area contributed by atoms with Gasteiger partial charge in [0.25, 0.3) is 0 Å². The molecule has 19 heavy (non-hydrogen) atoms. The lowest BCUT2D eigenvalue weighted by Crippen LogP contribution is -2.32. The van der Waals surface area contributed by atoms with Crippen molar-refractivity contribution in [3.63, 3.8) is 0 Å². The first-order valence-corrected chi connectivity index (χ1v) is 8.09. The Hall–Kier alpha value is -1.14. The Balaban J connectivity index is 2.28. The summed E-state index contributed by atoms with van der Waals surface area (Å²) in [5.41, 5.74) is 5.70. The molecule has 0 spiro atoms. The quantitative estimate of drug-likeness (QED) is 0.915. The minimum atomic E-state index is -3.44. The Bertz CT molecular complexity index is 553. The Kier molecular flexibility index (Phi) is 3.82. The maximum absolute atomic E-state index is 12.5. The predicted molar refractivity (Wildman–Crippen MR) is 75.0 cm³/mol. The van der Waals surface area contributed by atoms with Gasteiger partial charge in [-0.15, -0.1) is 0 Å². The summed E-state index contributed by atoms with van der Waals surface area (Å²) in [6.07, 6.45) is 4.38. The van der Waals surface area contributed by atoms with Gasteiger partial charge >= 0.3 is 0 Å². The Morgan fingerprint density at radius 2 is 2.11 bits per heavy atom. The van der Waals surface area contributed by atoms with Crippen molar-refractivity contribution in [3.05, 3.63) is 18.3 Å². The molecule has 1 aliphatic heterocycles. The number of hydrogen-bond donors (Lipinski definition) is 1. The molecule has 0 radical (unpaired) electrons. The molecule has 0 unspecified atom stereocenters. The molecular weight excluding hydrogens is 262 g/mol. The van der Waals surface area contributed by atoms with Crippen molar-refractivity contribution in [3.8, 4) is 0 Å². The van der Waals surface area contributed by atoms with Crippen molar-refractivity contribution >= 4 is 15.8 Å². The van der Waals surface area contributed by atoms with Gasteiger partial charge in [-0.1, -0.05) is 13.8 Å². The van der Waals surface area contributed by atoms with Crippen LogP contribution in [0.1, 0.15) is 33.1 Å².